The van der Waals surface area contributed by atoms with E-state index in [1.54, 1.807) is 30.3 Å². The zero-order valence-electron chi connectivity index (χ0n) is 14.2. The van der Waals surface area contributed by atoms with Crippen LogP contribution in [0.3, 0.4) is 0 Å². The van der Waals surface area contributed by atoms with E-state index in [-0.39, 0.29) is 4.90 Å². The molecule has 3 aromatic rings. The Hall–Kier alpha value is -2.79. The van der Waals surface area contributed by atoms with E-state index in [9.17, 15) is 8.42 Å². The molecule has 3 aromatic carbocycles. The van der Waals surface area contributed by atoms with E-state index in [2.05, 4.69) is 4.72 Å². The zero-order valence-corrected chi connectivity index (χ0v) is 15.0. The maximum Gasteiger partial charge on any atom is 0.261 e. The highest BCUT2D eigenvalue weighted by molar-refractivity contribution is 7.92. The second-order valence-corrected chi connectivity index (χ2v) is 7.62. The van der Waals surface area contributed by atoms with Crippen LogP contribution in [0.1, 0.15) is 0 Å². The van der Waals surface area contributed by atoms with Gasteiger partial charge in [-0.15, -0.1) is 0 Å². The van der Waals surface area contributed by atoms with Gasteiger partial charge in [-0.2, -0.15) is 0 Å². The summed E-state index contributed by atoms with van der Waals surface area (Å²) < 4.78 is 28.0. The van der Waals surface area contributed by atoms with Gasteiger partial charge in [0.15, 0.2) is 0 Å². The maximum absolute atomic E-state index is 12.7. The first-order valence-electron chi connectivity index (χ1n) is 7.91. The van der Waals surface area contributed by atoms with Crippen LogP contribution >= 0.6 is 0 Å². The lowest BCUT2D eigenvalue weighted by atomic mass is 10.1. The van der Waals surface area contributed by atoms with E-state index in [1.807, 2.05) is 67.5 Å². The summed E-state index contributed by atoms with van der Waals surface area (Å²) >= 11 is 0. The number of benzene rings is 3. The smallest absolute Gasteiger partial charge is 0.261 e. The van der Waals surface area contributed by atoms with Crippen molar-refractivity contribution in [1.29, 1.82) is 0 Å². The molecule has 0 atom stereocenters. The first-order valence-corrected chi connectivity index (χ1v) is 9.40. The lowest BCUT2D eigenvalue weighted by Crippen LogP contribution is -2.13. The Morgan fingerprint density at radius 3 is 2.04 bits per heavy atom. The summed E-state index contributed by atoms with van der Waals surface area (Å²) in [6.45, 7) is 0. The third-order valence-corrected chi connectivity index (χ3v) is 5.27. The standard InChI is InChI=1S/C20H20N2O2S/c1-22(2)19-13-11-18(12-14-19)21-25(23,24)20-10-6-9-17(15-20)16-7-4-3-5-8-16/h3-15,21H,1-2H3. The number of anilines is 2. The van der Waals surface area contributed by atoms with Crippen molar-refractivity contribution in [3.8, 4) is 11.1 Å². The minimum atomic E-state index is -3.64. The molecule has 3 rings (SSSR count). The highest BCUT2D eigenvalue weighted by Crippen LogP contribution is 2.24. The monoisotopic (exact) mass is 352 g/mol. The molecule has 128 valence electrons. The Labute approximate surface area is 148 Å². The van der Waals surface area contributed by atoms with Crippen molar-refractivity contribution in [1.82, 2.24) is 0 Å². The van der Waals surface area contributed by atoms with Gasteiger partial charge < -0.3 is 4.90 Å². The van der Waals surface area contributed by atoms with Crippen LogP contribution in [0.2, 0.25) is 0 Å². The lowest BCUT2D eigenvalue weighted by Gasteiger charge is -2.14. The van der Waals surface area contributed by atoms with Gasteiger partial charge in [-0.1, -0.05) is 42.5 Å². The van der Waals surface area contributed by atoms with Crippen molar-refractivity contribution in [3.05, 3.63) is 78.9 Å². The van der Waals surface area contributed by atoms with Crippen LogP contribution in [0.15, 0.2) is 83.8 Å². The van der Waals surface area contributed by atoms with Gasteiger partial charge >= 0.3 is 0 Å². The van der Waals surface area contributed by atoms with E-state index in [1.165, 1.54) is 0 Å². The second kappa shape index (κ2) is 6.99. The number of hydrogen-bond acceptors (Lipinski definition) is 3. The number of sulfonamides is 1. The summed E-state index contributed by atoms with van der Waals surface area (Å²) in [4.78, 5) is 2.20. The van der Waals surface area contributed by atoms with Crippen molar-refractivity contribution in [2.45, 2.75) is 4.90 Å². The Morgan fingerprint density at radius 1 is 0.760 bits per heavy atom. The zero-order chi connectivity index (χ0) is 17.9. The molecule has 0 fully saturated rings. The van der Waals surface area contributed by atoms with E-state index in [4.69, 9.17) is 0 Å². The summed E-state index contributed by atoms with van der Waals surface area (Å²) in [5.41, 5.74) is 3.39. The second-order valence-electron chi connectivity index (χ2n) is 5.94. The molecule has 5 heteroatoms. The van der Waals surface area contributed by atoms with Gasteiger partial charge in [-0.05, 0) is 47.5 Å². The molecule has 0 spiro atoms. The summed E-state index contributed by atoms with van der Waals surface area (Å²) in [5, 5.41) is 0. The first-order chi connectivity index (χ1) is 12.0. The number of rotatable bonds is 5. The van der Waals surface area contributed by atoms with E-state index in [0.29, 0.717) is 5.69 Å². The fourth-order valence-corrected chi connectivity index (χ4v) is 3.62. The molecule has 1 N–H and O–H groups in total. The van der Waals surface area contributed by atoms with Gasteiger partial charge in [-0.25, -0.2) is 8.42 Å². The maximum atomic E-state index is 12.7. The predicted octanol–water partition coefficient (Wildman–Crippen LogP) is 4.22. The fraction of sp³-hybridized carbons (Fsp3) is 0.100. The SMILES string of the molecule is CN(C)c1ccc(NS(=O)(=O)c2cccc(-c3ccccc3)c2)cc1. The molecule has 0 saturated carbocycles. The van der Waals surface area contributed by atoms with Gasteiger partial charge in [-0.3, -0.25) is 4.72 Å². The number of nitrogens with one attached hydrogen (secondary N) is 1. The molecule has 0 bridgehead atoms. The average molecular weight is 352 g/mol. The Bertz CT molecular complexity index is 951. The molecular weight excluding hydrogens is 332 g/mol. The molecule has 25 heavy (non-hydrogen) atoms. The Kier molecular flexibility index (Phi) is 4.76. The summed E-state index contributed by atoms with van der Waals surface area (Å²) in [5.74, 6) is 0. The predicted molar refractivity (Wildman–Crippen MR) is 103 cm³/mol. The summed E-state index contributed by atoms with van der Waals surface area (Å²) in [6, 6.07) is 23.9. The third kappa shape index (κ3) is 4.00. The fourth-order valence-electron chi connectivity index (χ4n) is 2.52. The molecule has 0 radical (unpaired) electrons. The Morgan fingerprint density at radius 2 is 1.40 bits per heavy atom. The van der Waals surface area contributed by atoms with Gasteiger partial charge in [0, 0.05) is 25.5 Å². The minimum absolute atomic E-state index is 0.241. The highest BCUT2D eigenvalue weighted by atomic mass is 32.2. The van der Waals surface area contributed by atoms with Gasteiger partial charge in [0.05, 0.1) is 4.90 Å². The van der Waals surface area contributed by atoms with E-state index < -0.39 is 10.0 Å². The molecule has 4 nitrogen and oxygen atoms in total. The Balaban J connectivity index is 1.87. The van der Waals surface area contributed by atoms with Crippen LogP contribution in [-0.2, 0) is 10.0 Å². The van der Waals surface area contributed by atoms with Crippen LogP contribution in [0.4, 0.5) is 11.4 Å². The molecule has 0 unspecified atom stereocenters. The van der Waals surface area contributed by atoms with Crippen LogP contribution in [0.25, 0.3) is 11.1 Å². The average Bonchev–Trinajstić information content (AvgIpc) is 2.63. The topological polar surface area (TPSA) is 49.4 Å². The van der Waals surface area contributed by atoms with Gasteiger partial charge in [0.1, 0.15) is 0 Å². The summed E-state index contributed by atoms with van der Waals surface area (Å²) in [6.07, 6.45) is 0. The minimum Gasteiger partial charge on any atom is -0.378 e. The molecule has 0 aliphatic rings. The van der Waals surface area contributed by atoms with Crippen LogP contribution < -0.4 is 9.62 Å². The quantitative estimate of drug-likeness (QED) is 0.748. The molecular formula is C20H20N2O2S. The summed E-state index contributed by atoms with van der Waals surface area (Å²) in [7, 11) is 0.237. The van der Waals surface area contributed by atoms with Gasteiger partial charge in [0.25, 0.3) is 10.0 Å². The van der Waals surface area contributed by atoms with Crippen molar-refractivity contribution in [2.75, 3.05) is 23.7 Å². The number of hydrogen-bond donors (Lipinski definition) is 1. The van der Waals surface area contributed by atoms with Crippen molar-refractivity contribution in [2.24, 2.45) is 0 Å². The van der Waals surface area contributed by atoms with Crippen molar-refractivity contribution < 1.29 is 8.42 Å². The van der Waals surface area contributed by atoms with Crippen LogP contribution in [-0.4, -0.2) is 22.5 Å². The molecule has 0 amide bonds. The van der Waals surface area contributed by atoms with Crippen LogP contribution in [0, 0.1) is 0 Å². The number of nitrogens with zero attached hydrogens (tertiary/aromatic N) is 1. The van der Waals surface area contributed by atoms with E-state index >= 15 is 0 Å². The normalized spacial score (nSPS) is 11.1. The largest absolute Gasteiger partial charge is 0.378 e. The molecule has 0 aliphatic heterocycles. The molecule has 0 heterocycles. The van der Waals surface area contributed by atoms with Crippen molar-refractivity contribution >= 4 is 21.4 Å². The van der Waals surface area contributed by atoms with Gasteiger partial charge in [0.2, 0.25) is 0 Å². The molecule has 0 aliphatic carbocycles. The third-order valence-electron chi connectivity index (χ3n) is 3.89. The first kappa shape index (κ1) is 17.0. The molecule has 0 aromatic heterocycles. The van der Waals surface area contributed by atoms with Crippen LogP contribution in [0.5, 0.6) is 0 Å². The van der Waals surface area contributed by atoms with E-state index in [0.717, 1.165) is 16.8 Å². The highest BCUT2D eigenvalue weighted by Gasteiger charge is 2.15. The lowest BCUT2D eigenvalue weighted by molar-refractivity contribution is 0.601. The van der Waals surface area contributed by atoms with Crippen molar-refractivity contribution in [3.63, 3.8) is 0 Å². The molecule has 0 saturated heterocycles.